The lowest BCUT2D eigenvalue weighted by atomic mass is 9.93. The summed E-state index contributed by atoms with van der Waals surface area (Å²) in [6, 6.07) is 7.80. The summed E-state index contributed by atoms with van der Waals surface area (Å²) in [5, 5.41) is 11.0. The monoisotopic (exact) mass is 273 g/mol. The van der Waals surface area contributed by atoms with Crippen molar-refractivity contribution in [3.63, 3.8) is 0 Å². The van der Waals surface area contributed by atoms with Gasteiger partial charge in [-0.05, 0) is 31.7 Å². The predicted molar refractivity (Wildman–Crippen MR) is 76.6 cm³/mol. The van der Waals surface area contributed by atoms with Crippen LogP contribution < -0.4 is 5.32 Å². The van der Waals surface area contributed by atoms with Gasteiger partial charge in [-0.3, -0.25) is 9.89 Å². The summed E-state index contributed by atoms with van der Waals surface area (Å²) in [6.45, 7) is 3.63. The molecule has 1 fully saturated rings. The molecule has 0 radical (unpaired) electrons. The van der Waals surface area contributed by atoms with Gasteiger partial charge in [-0.15, -0.1) is 0 Å². The summed E-state index contributed by atoms with van der Waals surface area (Å²) in [5.41, 5.74) is 1.36. The summed E-state index contributed by atoms with van der Waals surface area (Å²) in [7, 11) is 0. The molecule has 5 nitrogen and oxygen atoms in total. The minimum atomic E-state index is -0.110. The van der Waals surface area contributed by atoms with Crippen LogP contribution in [0.15, 0.2) is 24.3 Å². The van der Waals surface area contributed by atoms with Crippen molar-refractivity contribution in [2.75, 3.05) is 13.2 Å². The molecule has 1 aromatic carbocycles. The smallest absolute Gasteiger partial charge is 0.272 e. The van der Waals surface area contributed by atoms with E-state index in [0.29, 0.717) is 11.6 Å². The molecule has 1 aromatic heterocycles. The average Bonchev–Trinajstić information content (AvgIpc) is 2.92. The second kappa shape index (κ2) is 5.63. The van der Waals surface area contributed by atoms with Crippen molar-refractivity contribution in [1.29, 1.82) is 0 Å². The Morgan fingerprint density at radius 2 is 2.15 bits per heavy atom. The molecular formula is C15H19N3O2. The van der Waals surface area contributed by atoms with Gasteiger partial charge in [-0.2, -0.15) is 5.10 Å². The number of ether oxygens (including phenoxy) is 1. The number of hydrogen-bond donors (Lipinski definition) is 2. The molecule has 1 aliphatic heterocycles. The molecular weight excluding hydrogens is 254 g/mol. The fourth-order valence-electron chi connectivity index (χ4n) is 2.75. The second-order valence-electron chi connectivity index (χ2n) is 5.33. The lowest BCUT2D eigenvalue weighted by Gasteiger charge is -2.28. The molecule has 3 rings (SSSR count). The minimum absolute atomic E-state index is 0.110. The van der Waals surface area contributed by atoms with E-state index >= 15 is 0 Å². The topological polar surface area (TPSA) is 67.0 Å². The third-order valence-electron chi connectivity index (χ3n) is 4.02. The van der Waals surface area contributed by atoms with Crippen LogP contribution in [0.4, 0.5) is 0 Å². The first-order chi connectivity index (χ1) is 9.75. The maximum absolute atomic E-state index is 12.3. The molecule has 0 bridgehead atoms. The number of rotatable bonds is 3. The first-order valence-electron chi connectivity index (χ1n) is 7.07. The van der Waals surface area contributed by atoms with Gasteiger partial charge in [-0.1, -0.05) is 18.2 Å². The predicted octanol–water partition coefficient (Wildman–Crippen LogP) is 2.11. The number of H-pyrrole nitrogens is 1. The van der Waals surface area contributed by atoms with E-state index in [4.69, 9.17) is 4.74 Å². The van der Waals surface area contributed by atoms with Crippen molar-refractivity contribution in [3.8, 4) is 0 Å². The number of aromatic nitrogens is 2. The number of benzene rings is 1. The minimum Gasteiger partial charge on any atom is -0.381 e. The fourth-order valence-corrected chi connectivity index (χ4v) is 2.75. The molecule has 5 heteroatoms. The highest BCUT2D eigenvalue weighted by Gasteiger charge is 2.23. The number of para-hydroxylation sites is 1. The molecule has 20 heavy (non-hydrogen) atoms. The Hall–Kier alpha value is -1.88. The molecule has 1 unspecified atom stereocenters. The van der Waals surface area contributed by atoms with Crippen molar-refractivity contribution in [1.82, 2.24) is 15.5 Å². The Bertz CT molecular complexity index is 602. The Kier molecular flexibility index (Phi) is 3.69. The van der Waals surface area contributed by atoms with E-state index in [1.165, 1.54) is 0 Å². The summed E-state index contributed by atoms with van der Waals surface area (Å²) in [5.74, 6) is 0.374. The van der Waals surface area contributed by atoms with E-state index in [1.54, 1.807) is 0 Å². The SMILES string of the molecule is CC(NC(=O)c1n[nH]c2ccccc12)C1CCOCC1. The number of hydrogen-bond acceptors (Lipinski definition) is 3. The zero-order valence-corrected chi connectivity index (χ0v) is 11.6. The summed E-state index contributed by atoms with van der Waals surface area (Å²) in [6.07, 6.45) is 2.01. The number of carbonyl (C=O) groups excluding carboxylic acids is 1. The van der Waals surface area contributed by atoms with Crippen LogP contribution in [0.2, 0.25) is 0 Å². The molecule has 1 amide bonds. The number of fused-ring (bicyclic) bond motifs is 1. The van der Waals surface area contributed by atoms with Gasteiger partial charge in [-0.25, -0.2) is 0 Å². The number of aromatic amines is 1. The Labute approximate surface area is 117 Å². The van der Waals surface area contributed by atoms with Crippen molar-refractivity contribution >= 4 is 16.8 Å². The molecule has 0 saturated carbocycles. The van der Waals surface area contributed by atoms with Crippen LogP contribution in [0.5, 0.6) is 0 Å². The summed E-state index contributed by atoms with van der Waals surface area (Å²) in [4.78, 5) is 12.3. The fraction of sp³-hybridized carbons (Fsp3) is 0.467. The van der Waals surface area contributed by atoms with Gasteiger partial charge < -0.3 is 10.1 Å². The van der Waals surface area contributed by atoms with Crippen molar-refractivity contribution in [2.45, 2.75) is 25.8 Å². The number of amides is 1. The van der Waals surface area contributed by atoms with Crippen LogP contribution in [-0.2, 0) is 4.74 Å². The van der Waals surface area contributed by atoms with E-state index in [9.17, 15) is 4.79 Å². The highest BCUT2D eigenvalue weighted by molar-refractivity contribution is 6.04. The van der Waals surface area contributed by atoms with Crippen LogP contribution in [0.25, 0.3) is 10.9 Å². The molecule has 2 heterocycles. The highest BCUT2D eigenvalue weighted by atomic mass is 16.5. The van der Waals surface area contributed by atoms with E-state index in [0.717, 1.165) is 37.0 Å². The molecule has 0 aliphatic carbocycles. The standard InChI is InChI=1S/C15H19N3O2/c1-10(11-6-8-20-9-7-11)16-15(19)14-12-4-2-3-5-13(12)17-18-14/h2-5,10-11H,6-9H2,1H3,(H,16,19)(H,17,18). The van der Waals surface area contributed by atoms with Gasteiger partial charge in [0.25, 0.3) is 5.91 Å². The van der Waals surface area contributed by atoms with Gasteiger partial charge >= 0.3 is 0 Å². The van der Waals surface area contributed by atoms with Gasteiger partial charge in [0.05, 0.1) is 5.52 Å². The summed E-state index contributed by atoms with van der Waals surface area (Å²) >= 11 is 0. The quantitative estimate of drug-likeness (QED) is 0.900. The van der Waals surface area contributed by atoms with Crippen molar-refractivity contribution in [2.24, 2.45) is 5.92 Å². The van der Waals surface area contributed by atoms with Gasteiger partial charge in [0.1, 0.15) is 0 Å². The van der Waals surface area contributed by atoms with Crippen LogP contribution in [0.1, 0.15) is 30.3 Å². The normalized spacial score (nSPS) is 18.1. The van der Waals surface area contributed by atoms with Crippen LogP contribution in [0.3, 0.4) is 0 Å². The second-order valence-corrected chi connectivity index (χ2v) is 5.33. The molecule has 1 aliphatic rings. The molecule has 2 aromatic rings. The van der Waals surface area contributed by atoms with Gasteiger partial charge in [0.2, 0.25) is 0 Å². The Balaban J connectivity index is 1.72. The number of nitrogens with one attached hydrogen (secondary N) is 2. The highest BCUT2D eigenvalue weighted by Crippen LogP contribution is 2.20. The first kappa shape index (κ1) is 13.1. The van der Waals surface area contributed by atoms with Gasteiger partial charge in [0, 0.05) is 24.6 Å². The van der Waals surface area contributed by atoms with Crippen molar-refractivity contribution in [3.05, 3.63) is 30.0 Å². The first-order valence-corrected chi connectivity index (χ1v) is 7.07. The van der Waals surface area contributed by atoms with Crippen molar-refractivity contribution < 1.29 is 9.53 Å². The lowest BCUT2D eigenvalue weighted by molar-refractivity contribution is 0.0538. The summed E-state index contributed by atoms with van der Waals surface area (Å²) < 4.78 is 5.35. The van der Waals surface area contributed by atoms with E-state index in [2.05, 4.69) is 22.4 Å². The molecule has 0 spiro atoms. The van der Waals surface area contributed by atoms with Gasteiger partial charge in [0.15, 0.2) is 5.69 Å². The third kappa shape index (κ3) is 2.54. The number of nitrogens with zero attached hydrogens (tertiary/aromatic N) is 1. The largest absolute Gasteiger partial charge is 0.381 e. The van der Waals surface area contributed by atoms with Crippen LogP contribution in [-0.4, -0.2) is 35.4 Å². The number of carbonyl (C=O) groups is 1. The van der Waals surface area contributed by atoms with Crippen LogP contribution >= 0.6 is 0 Å². The van der Waals surface area contributed by atoms with E-state index < -0.39 is 0 Å². The maximum atomic E-state index is 12.3. The zero-order valence-electron chi connectivity index (χ0n) is 11.6. The van der Waals surface area contributed by atoms with E-state index in [1.807, 2.05) is 24.3 Å². The molecule has 1 atom stereocenters. The van der Waals surface area contributed by atoms with Crippen LogP contribution in [0, 0.1) is 5.92 Å². The third-order valence-corrected chi connectivity index (χ3v) is 4.02. The molecule has 1 saturated heterocycles. The Morgan fingerprint density at radius 3 is 2.95 bits per heavy atom. The molecule has 2 N–H and O–H groups in total. The Morgan fingerprint density at radius 1 is 1.40 bits per heavy atom. The average molecular weight is 273 g/mol. The van der Waals surface area contributed by atoms with E-state index in [-0.39, 0.29) is 11.9 Å². The maximum Gasteiger partial charge on any atom is 0.272 e. The lowest BCUT2D eigenvalue weighted by Crippen LogP contribution is -2.40. The molecule has 106 valence electrons. The zero-order chi connectivity index (χ0) is 13.9.